The van der Waals surface area contributed by atoms with Crippen LogP contribution < -0.4 is 15.4 Å². The van der Waals surface area contributed by atoms with Crippen molar-refractivity contribution < 1.29 is 9.13 Å². The van der Waals surface area contributed by atoms with E-state index in [1.165, 1.54) is 11.6 Å². The number of methoxy groups -OCH3 is 1. The second kappa shape index (κ2) is 11.7. The van der Waals surface area contributed by atoms with Crippen molar-refractivity contribution >= 4 is 29.9 Å². The fourth-order valence-corrected chi connectivity index (χ4v) is 2.29. The number of nitrogens with one attached hydrogen (secondary N) is 2. The van der Waals surface area contributed by atoms with Crippen molar-refractivity contribution in [2.75, 3.05) is 20.2 Å². The monoisotopic (exact) mass is 457 g/mol. The maximum absolute atomic E-state index is 13.6. The van der Waals surface area contributed by atoms with Crippen LogP contribution >= 0.6 is 24.0 Å². The van der Waals surface area contributed by atoms with Crippen LogP contribution in [0.15, 0.2) is 53.5 Å². The highest BCUT2D eigenvalue weighted by molar-refractivity contribution is 14.0. The Bertz CT molecular complexity index is 679. The van der Waals surface area contributed by atoms with Gasteiger partial charge in [0, 0.05) is 18.7 Å². The van der Waals surface area contributed by atoms with E-state index in [0.29, 0.717) is 18.1 Å². The van der Waals surface area contributed by atoms with Crippen molar-refractivity contribution in [3.63, 3.8) is 0 Å². The molecule has 0 unspecified atom stereocenters. The lowest BCUT2D eigenvalue weighted by molar-refractivity contribution is 0.414. The number of benzene rings is 2. The first-order valence-electron chi connectivity index (χ1n) is 8.11. The van der Waals surface area contributed by atoms with Crippen molar-refractivity contribution in [2.45, 2.75) is 19.9 Å². The van der Waals surface area contributed by atoms with Crippen LogP contribution in [0.4, 0.5) is 4.39 Å². The van der Waals surface area contributed by atoms with Gasteiger partial charge >= 0.3 is 0 Å². The third-order valence-corrected chi connectivity index (χ3v) is 3.55. The summed E-state index contributed by atoms with van der Waals surface area (Å²) in [4.78, 5) is 4.44. The Morgan fingerprint density at radius 1 is 1.12 bits per heavy atom. The summed E-state index contributed by atoms with van der Waals surface area (Å²) in [6.45, 7) is 3.79. The molecule has 0 atom stereocenters. The highest BCUT2D eigenvalue weighted by Crippen LogP contribution is 2.12. The lowest BCUT2D eigenvalue weighted by Crippen LogP contribution is -2.38. The van der Waals surface area contributed by atoms with Crippen molar-refractivity contribution in [2.24, 2.45) is 4.99 Å². The summed E-state index contributed by atoms with van der Waals surface area (Å²) >= 11 is 0. The highest BCUT2D eigenvalue weighted by atomic mass is 127. The summed E-state index contributed by atoms with van der Waals surface area (Å²) in [5.74, 6) is 1.31. The number of hydrogen-bond acceptors (Lipinski definition) is 2. The Labute approximate surface area is 165 Å². The van der Waals surface area contributed by atoms with E-state index in [9.17, 15) is 4.39 Å². The zero-order valence-electron chi connectivity index (χ0n) is 14.6. The van der Waals surface area contributed by atoms with Gasteiger partial charge in [-0.25, -0.2) is 9.38 Å². The van der Waals surface area contributed by atoms with Crippen molar-refractivity contribution in [3.8, 4) is 5.75 Å². The minimum Gasteiger partial charge on any atom is -0.497 e. The summed E-state index contributed by atoms with van der Waals surface area (Å²) < 4.78 is 18.9. The zero-order valence-corrected chi connectivity index (χ0v) is 16.9. The van der Waals surface area contributed by atoms with Gasteiger partial charge in [0.15, 0.2) is 5.96 Å². The van der Waals surface area contributed by atoms with Gasteiger partial charge in [-0.3, -0.25) is 0 Å². The quantitative estimate of drug-likeness (QED) is 0.378. The molecule has 2 N–H and O–H groups in total. The van der Waals surface area contributed by atoms with Crippen LogP contribution in [-0.4, -0.2) is 26.2 Å². The van der Waals surface area contributed by atoms with Gasteiger partial charge in [-0.2, -0.15) is 0 Å². The third-order valence-electron chi connectivity index (χ3n) is 3.55. The zero-order chi connectivity index (χ0) is 17.2. The van der Waals surface area contributed by atoms with E-state index < -0.39 is 0 Å². The molecule has 0 aromatic heterocycles. The topological polar surface area (TPSA) is 45.7 Å². The average Bonchev–Trinajstić information content (AvgIpc) is 2.61. The molecule has 0 fully saturated rings. The van der Waals surface area contributed by atoms with E-state index in [-0.39, 0.29) is 29.8 Å². The number of rotatable bonds is 7. The van der Waals surface area contributed by atoms with Gasteiger partial charge in [0.25, 0.3) is 0 Å². The number of aliphatic imine (C=N–C) groups is 1. The number of guanidine groups is 1. The Morgan fingerprint density at radius 2 is 1.92 bits per heavy atom. The molecule has 2 rings (SSSR count). The van der Waals surface area contributed by atoms with E-state index in [1.807, 2.05) is 31.2 Å². The SMILES string of the molecule is CCNC(=NCc1ccccc1F)NCCc1cccc(OC)c1.I. The molecule has 136 valence electrons. The van der Waals surface area contributed by atoms with Crippen LogP contribution in [0.25, 0.3) is 0 Å². The van der Waals surface area contributed by atoms with Crippen LogP contribution in [0.5, 0.6) is 5.75 Å². The van der Waals surface area contributed by atoms with Gasteiger partial charge in [-0.15, -0.1) is 24.0 Å². The van der Waals surface area contributed by atoms with Gasteiger partial charge in [-0.1, -0.05) is 30.3 Å². The largest absolute Gasteiger partial charge is 0.497 e. The maximum Gasteiger partial charge on any atom is 0.191 e. The highest BCUT2D eigenvalue weighted by Gasteiger charge is 2.02. The second-order valence-corrected chi connectivity index (χ2v) is 5.31. The molecular formula is C19H25FIN3O. The van der Waals surface area contributed by atoms with Crippen LogP contribution in [0.1, 0.15) is 18.1 Å². The number of halogens is 2. The predicted molar refractivity (Wildman–Crippen MR) is 111 cm³/mol. The van der Waals surface area contributed by atoms with E-state index >= 15 is 0 Å². The molecule has 2 aromatic carbocycles. The lowest BCUT2D eigenvalue weighted by atomic mass is 10.1. The van der Waals surface area contributed by atoms with E-state index in [1.54, 1.807) is 19.2 Å². The Morgan fingerprint density at radius 3 is 2.64 bits per heavy atom. The molecule has 6 heteroatoms. The first-order chi connectivity index (χ1) is 11.7. The molecule has 0 radical (unpaired) electrons. The lowest BCUT2D eigenvalue weighted by Gasteiger charge is -2.12. The normalized spacial score (nSPS) is 10.8. The van der Waals surface area contributed by atoms with Crippen LogP contribution in [0, 0.1) is 5.82 Å². The second-order valence-electron chi connectivity index (χ2n) is 5.31. The van der Waals surface area contributed by atoms with Crippen molar-refractivity contribution in [1.29, 1.82) is 0 Å². The summed E-state index contributed by atoms with van der Waals surface area (Å²) in [5, 5.41) is 6.44. The van der Waals surface area contributed by atoms with E-state index in [2.05, 4.69) is 21.7 Å². The minimum atomic E-state index is -0.228. The van der Waals surface area contributed by atoms with Crippen molar-refractivity contribution in [1.82, 2.24) is 10.6 Å². The van der Waals surface area contributed by atoms with Gasteiger partial charge in [0.2, 0.25) is 0 Å². The third kappa shape index (κ3) is 7.29. The Balaban J connectivity index is 0.00000312. The first-order valence-corrected chi connectivity index (χ1v) is 8.11. The Kier molecular flexibility index (Phi) is 9.91. The molecule has 2 aromatic rings. The minimum absolute atomic E-state index is 0. The Hall–Kier alpha value is -1.83. The fourth-order valence-electron chi connectivity index (χ4n) is 2.29. The smallest absolute Gasteiger partial charge is 0.191 e. The molecule has 25 heavy (non-hydrogen) atoms. The molecule has 0 heterocycles. The molecule has 0 saturated carbocycles. The average molecular weight is 457 g/mol. The maximum atomic E-state index is 13.6. The van der Waals surface area contributed by atoms with Gasteiger partial charge < -0.3 is 15.4 Å². The fraction of sp³-hybridized carbons (Fsp3) is 0.316. The molecular weight excluding hydrogens is 432 g/mol. The number of nitrogens with zero attached hydrogens (tertiary/aromatic N) is 1. The molecule has 0 aliphatic carbocycles. The first kappa shape index (κ1) is 21.2. The predicted octanol–water partition coefficient (Wildman–Crippen LogP) is 3.75. The molecule has 0 aliphatic heterocycles. The van der Waals surface area contributed by atoms with Crippen LogP contribution in [-0.2, 0) is 13.0 Å². The van der Waals surface area contributed by atoms with Crippen LogP contribution in [0.2, 0.25) is 0 Å². The molecule has 0 amide bonds. The summed E-state index contributed by atoms with van der Waals surface area (Å²) in [6.07, 6.45) is 0.849. The van der Waals surface area contributed by atoms with Gasteiger partial charge in [0.05, 0.1) is 13.7 Å². The van der Waals surface area contributed by atoms with E-state index in [4.69, 9.17) is 4.74 Å². The van der Waals surface area contributed by atoms with E-state index in [0.717, 1.165) is 25.3 Å². The van der Waals surface area contributed by atoms with Gasteiger partial charge in [0.1, 0.15) is 11.6 Å². The number of hydrogen-bond donors (Lipinski definition) is 2. The molecule has 0 bridgehead atoms. The molecule has 0 saturated heterocycles. The molecule has 0 aliphatic rings. The standard InChI is InChI=1S/C19H24FN3O.HI/c1-3-21-19(23-14-16-8-4-5-10-18(16)20)22-12-11-15-7-6-9-17(13-15)24-2;/h4-10,13H,3,11-12,14H2,1-2H3,(H2,21,22,23);1H. The van der Waals surface area contributed by atoms with Crippen molar-refractivity contribution in [3.05, 3.63) is 65.5 Å². The van der Waals surface area contributed by atoms with Gasteiger partial charge in [-0.05, 0) is 37.1 Å². The summed E-state index contributed by atoms with van der Waals surface area (Å²) in [6, 6.07) is 14.7. The number of ether oxygens (including phenoxy) is 1. The molecule has 0 spiro atoms. The summed E-state index contributed by atoms with van der Waals surface area (Å²) in [7, 11) is 1.66. The van der Waals surface area contributed by atoms with Crippen LogP contribution in [0.3, 0.4) is 0 Å². The molecule has 4 nitrogen and oxygen atoms in total. The summed E-state index contributed by atoms with van der Waals surface area (Å²) in [5.41, 5.74) is 1.77.